The number of nitro groups is 5. The van der Waals surface area contributed by atoms with E-state index in [1.807, 2.05) is 95.2 Å². The van der Waals surface area contributed by atoms with Crippen molar-refractivity contribution < 1.29 is 79.6 Å². The number of H-pyrrole nitrogens is 1. The van der Waals surface area contributed by atoms with E-state index in [4.69, 9.17) is 13.7 Å². The Balaban J connectivity index is -0.000000143. The predicted molar refractivity (Wildman–Crippen MR) is 356 cm³/mol. The summed E-state index contributed by atoms with van der Waals surface area (Å²) >= 11 is 3.21. The van der Waals surface area contributed by atoms with Gasteiger partial charge in [-0.2, -0.15) is 5.10 Å². The second-order valence-corrected chi connectivity index (χ2v) is 15.3. The second-order valence-electron chi connectivity index (χ2n) is 14.7. The molecule has 0 unspecified atom stereocenters. The van der Waals surface area contributed by atoms with E-state index in [1.54, 1.807) is 107 Å². The minimum absolute atomic E-state index is 0. The molecular formula is C63H88BrN9O14Y-2. The Morgan fingerprint density at radius 3 is 1.22 bits per heavy atom. The summed E-state index contributed by atoms with van der Waals surface area (Å²) < 4.78 is 13.8. The number of nitro benzene ring substituents is 5. The molecule has 0 aliphatic heterocycles. The van der Waals surface area contributed by atoms with Crippen molar-refractivity contribution >= 4 is 79.6 Å². The Hall–Kier alpha value is -8.61. The Kier molecular flexibility index (Phi) is 59.2. The van der Waals surface area contributed by atoms with Crippen molar-refractivity contribution in [2.24, 2.45) is 5.73 Å². The minimum atomic E-state index is -1.28. The molecule has 5 N–H and O–H groups in total. The molecule has 0 aliphatic rings. The molecule has 0 saturated carbocycles. The van der Waals surface area contributed by atoms with E-state index in [0.717, 1.165) is 33.4 Å². The maximum absolute atomic E-state index is 10.9. The van der Waals surface area contributed by atoms with Gasteiger partial charge in [0.05, 0.1) is 41.3 Å². The van der Waals surface area contributed by atoms with Crippen LogP contribution in [0, 0.1) is 112 Å². The number of aromatic carboxylic acids is 1. The SMILES string of the molecule is CC.CC.CC.CC.CC.CC.Cc1cccc(C(=O)O)c1[N+](=O)[O-].Cc1cccc(C)c1[N+](=O)[O-].Cc1cccc(C=O)c1[N+](=O)[O-].Cc1cccc(CBr)c1[N+](=O)[O-].[3H]N=Cc1cccc(C)c1[N+](=O)[O-].[3H]n1cc2cccc(C(N)=O)c2n1.[CH-]=C.[CH3-].[Y]. The standard InChI is InChI=1S/C8H8BrNO2.C8H7N3O.C8H8N2O2.C8H7NO4.C8H7NO3.C8H9NO2.6C2H6.C2H3.CH3.Y/c1-6-3-2-4-7(5-9)8(6)10(11)12;9-8(12)6-3-1-2-5-4-10-11-7(5)6;1-6-3-2-4-7(5-9)8(6)10(11)12;1-5-3-2-4-6(8(10)11)7(5)9(12)13;1-6-3-2-4-7(5-10)8(6)9(11)12;1-6-4-3-5-7(2)8(6)9(10)11;7*1-2;;/h2-4H,5H2,1H3;1-4H,(H2,9,12)(H,10,11);2-5,9H,1H3;2-4H,1H3,(H,10,11);2-5H,1H3;3-5H,1-2H3;6*1-2H3;1H,2H2;1H3;/q;;;;;;;;;;;;2*-1;/i/hT2. The van der Waals surface area contributed by atoms with E-state index in [2.05, 4.69) is 39.6 Å². The van der Waals surface area contributed by atoms with E-state index < -0.39 is 26.6 Å². The van der Waals surface area contributed by atoms with Crippen LogP contribution in [0.1, 0.15) is 159 Å². The first-order chi connectivity index (χ1) is 41.8. The molecule has 6 aromatic carbocycles. The number of rotatable bonds is 10. The smallest absolute Gasteiger partial charge is 0.342 e. The quantitative estimate of drug-likeness (QED) is 0.0247. The third kappa shape index (κ3) is 33.9. The molecule has 0 atom stereocenters. The van der Waals surface area contributed by atoms with Crippen molar-refractivity contribution in [3.8, 4) is 0 Å². The number of amides is 1. The number of benzene rings is 6. The van der Waals surface area contributed by atoms with Crippen molar-refractivity contribution in [3.05, 3.63) is 248 Å². The van der Waals surface area contributed by atoms with Gasteiger partial charge in [-0.15, -0.1) is 0 Å². The molecule has 1 amide bonds. The summed E-state index contributed by atoms with van der Waals surface area (Å²) in [5.41, 5.74) is 10.5. The normalized spacial score (nSPS) is 8.85. The molecule has 7 aromatic rings. The second kappa shape index (κ2) is 57.5. The average Bonchev–Trinajstić information content (AvgIpc) is 4.07. The summed E-state index contributed by atoms with van der Waals surface area (Å²) in [6.07, 6.45) is 3.16. The number of fused-ring (bicyclic) bond motifs is 1. The Labute approximate surface area is 554 Å². The number of carbonyl (C=O) groups is 3. The van der Waals surface area contributed by atoms with Gasteiger partial charge in [-0.1, -0.05) is 184 Å². The number of nitrogens with one attached hydrogen (secondary N) is 2. The molecule has 0 fully saturated rings. The van der Waals surface area contributed by atoms with Crippen LogP contribution in [-0.4, -0.2) is 64.3 Å². The van der Waals surface area contributed by atoms with Gasteiger partial charge in [-0.05, 0) is 65.8 Å². The Bertz CT molecular complexity index is 3270. The van der Waals surface area contributed by atoms with Crippen LogP contribution < -0.4 is 5.73 Å². The van der Waals surface area contributed by atoms with E-state index in [0.29, 0.717) is 50.5 Å². The molecule has 88 heavy (non-hydrogen) atoms. The summed E-state index contributed by atoms with van der Waals surface area (Å²) in [4.78, 5) is 82.1. The summed E-state index contributed by atoms with van der Waals surface area (Å²) in [6.45, 7) is 41.0. The van der Waals surface area contributed by atoms with E-state index in [9.17, 15) is 65.0 Å². The predicted octanol–water partition coefficient (Wildman–Crippen LogP) is 18.1. The van der Waals surface area contributed by atoms with Crippen LogP contribution in [0.2, 0.25) is 2.82 Å². The van der Waals surface area contributed by atoms with Gasteiger partial charge in [0.1, 0.15) is 11.1 Å². The van der Waals surface area contributed by atoms with Gasteiger partial charge >= 0.3 is 5.97 Å². The topological polar surface area (TPSA) is 366 Å². The molecule has 0 aliphatic carbocycles. The summed E-state index contributed by atoms with van der Waals surface area (Å²) in [5.74, 6) is -1.81. The Morgan fingerprint density at radius 2 is 0.898 bits per heavy atom. The molecule has 1 heterocycles. The fraction of sp³-hybridized carbons (Fsp3) is 0.302. The molecule has 0 spiro atoms. The number of halogens is 1. The number of aryl methyl sites for hydroxylation is 6. The van der Waals surface area contributed by atoms with Gasteiger partial charge in [0.25, 0.3) is 34.3 Å². The van der Waals surface area contributed by atoms with Gasteiger partial charge in [0.15, 0.2) is 9.11 Å². The number of primary amides is 1. The molecule has 7 rings (SSSR count). The monoisotopic (exact) mass is 1370 g/mol. The minimum Gasteiger partial charge on any atom is -0.521 e. The molecule has 25 heteroatoms. The van der Waals surface area contributed by atoms with Gasteiger partial charge in [-0.3, -0.25) is 71.8 Å². The van der Waals surface area contributed by atoms with E-state index in [1.165, 1.54) is 37.4 Å². The maximum Gasteiger partial charge on any atom is 0.342 e. The first kappa shape index (κ1) is 90.6. The third-order valence-electron chi connectivity index (χ3n) is 9.78. The average molecular weight is 1370 g/mol. The van der Waals surface area contributed by atoms with Crippen LogP contribution in [0.5, 0.6) is 0 Å². The zero-order valence-corrected chi connectivity index (χ0v) is 58.4. The fourth-order valence-electron chi connectivity index (χ4n) is 6.44. The van der Waals surface area contributed by atoms with Crippen LogP contribution >= 0.6 is 15.9 Å². The van der Waals surface area contributed by atoms with Crippen molar-refractivity contribution in [1.29, 1.82) is 5.40 Å². The zero-order chi connectivity index (χ0) is 70.0. The van der Waals surface area contributed by atoms with Crippen LogP contribution in [0.3, 0.4) is 0 Å². The van der Waals surface area contributed by atoms with E-state index in [-0.39, 0.29) is 89.5 Å². The molecule has 23 nitrogen and oxygen atoms in total. The van der Waals surface area contributed by atoms with Crippen LogP contribution in [-0.2, 0) is 38.0 Å². The molecule has 481 valence electrons. The van der Waals surface area contributed by atoms with Crippen molar-refractivity contribution in [2.45, 2.75) is 130 Å². The van der Waals surface area contributed by atoms with Crippen LogP contribution in [0.25, 0.3) is 10.9 Å². The van der Waals surface area contributed by atoms with Gasteiger partial charge in [0.2, 0.25) is 0 Å². The first-order valence-corrected chi connectivity index (χ1v) is 28.0. The number of nitrogens with two attached hydrogens (primary N) is 1. The van der Waals surface area contributed by atoms with Crippen molar-refractivity contribution in [3.63, 3.8) is 0 Å². The molecule has 0 bridgehead atoms. The number of hydrogen-bond donors (Lipinski definition) is 4. The largest absolute Gasteiger partial charge is 0.521 e. The third-order valence-corrected chi connectivity index (χ3v) is 10.4. The number of carboxylic acids is 1. The number of para-hydroxylation sites is 6. The number of carbonyl (C=O) groups excluding carboxylic acids is 2. The molecule has 1 radical (unpaired) electrons. The number of aldehydes is 1. The number of hydrogen-bond acceptors (Lipinski definition) is 15. The maximum atomic E-state index is 10.9. The summed E-state index contributed by atoms with van der Waals surface area (Å²) in [6, 6.07) is 29.4. The molecule has 0 saturated heterocycles. The number of nitrogens with zero attached hydrogens (tertiary/aromatic N) is 6. The van der Waals surface area contributed by atoms with Gasteiger partial charge < -0.3 is 30.2 Å². The van der Waals surface area contributed by atoms with Gasteiger partial charge in [-0.25, -0.2) is 4.79 Å². The number of carboxylic acid groups (broad SMARTS) is 1. The van der Waals surface area contributed by atoms with Crippen LogP contribution in [0.4, 0.5) is 28.4 Å². The summed E-state index contributed by atoms with van der Waals surface area (Å²) in [7, 11) is 0. The van der Waals surface area contributed by atoms with Crippen LogP contribution in [0.15, 0.2) is 122 Å². The first-order valence-electron chi connectivity index (χ1n) is 27.8. The number of aromatic nitrogens is 2. The van der Waals surface area contributed by atoms with Gasteiger partial charge in [0, 0.05) is 94.8 Å². The molecule has 1 aromatic heterocycles. The number of alkyl halides is 1. The van der Waals surface area contributed by atoms with Crippen molar-refractivity contribution in [1.82, 2.24) is 10.2 Å². The fourth-order valence-corrected chi connectivity index (χ4v) is 6.89. The van der Waals surface area contributed by atoms with Crippen molar-refractivity contribution in [2.75, 3.05) is 0 Å². The number of aromatic amines is 1. The summed E-state index contributed by atoms with van der Waals surface area (Å²) in [5, 5.41) is 70.2. The van der Waals surface area contributed by atoms with E-state index >= 15 is 0 Å². The Morgan fingerprint density at radius 1 is 0.580 bits per heavy atom. The molecular weight excluding hydrogens is 1280 g/mol. The zero-order valence-electron chi connectivity index (χ0n) is 56.0.